The number of benzene rings is 2. The van der Waals surface area contributed by atoms with Crippen LogP contribution in [0.15, 0.2) is 51.7 Å². The monoisotopic (exact) mass is 305 g/mol. The third kappa shape index (κ3) is 3.09. The van der Waals surface area contributed by atoms with Gasteiger partial charge in [-0.2, -0.15) is 5.26 Å². The molecule has 0 bridgehead atoms. The standard InChI is InChI=1S/C19H15NO3/c1-12-7-17-15(9-19(21)23-18(17)8-13(12)2)11-22-16-5-3-14(10-20)4-6-16/h3-9H,11H2,1-2H3. The summed E-state index contributed by atoms with van der Waals surface area (Å²) in [6.45, 7) is 4.26. The SMILES string of the molecule is Cc1cc2oc(=O)cc(COc3ccc(C#N)cc3)c2cc1C. The molecule has 114 valence electrons. The van der Waals surface area contributed by atoms with Gasteiger partial charge in [0.25, 0.3) is 0 Å². The Hall–Kier alpha value is -3.06. The lowest BCUT2D eigenvalue weighted by Crippen LogP contribution is -2.04. The molecule has 23 heavy (non-hydrogen) atoms. The van der Waals surface area contributed by atoms with Crippen LogP contribution in [0, 0.1) is 25.2 Å². The third-order valence-electron chi connectivity index (χ3n) is 3.82. The fraction of sp³-hybridized carbons (Fsp3) is 0.158. The van der Waals surface area contributed by atoms with Crippen LogP contribution in [0.1, 0.15) is 22.3 Å². The fourth-order valence-electron chi connectivity index (χ4n) is 2.39. The van der Waals surface area contributed by atoms with Gasteiger partial charge in [-0.1, -0.05) is 0 Å². The number of hydrogen-bond acceptors (Lipinski definition) is 4. The lowest BCUT2D eigenvalue weighted by atomic mass is 10.0. The van der Waals surface area contributed by atoms with E-state index in [2.05, 4.69) is 6.07 Å². The minimum absolute atomic E-state index is 0.260. The van der Waals surface area contributed by atoms with E-state index in [4.69, 9.17) is 14.4 Å². The van der Waals surface area contributed by atoms with Gasteiger partial charge >= 0.3 is 5.63 Å². The molecule has 0 aliphatic heterocycles. The first-order valence-corrected chi connectivity index (χ1v) is 7.24. The molecule has 0 saturated heterocycles. The smallest absolute Gasteiger partial charge is 0.336 e. The minimum atomic E-state index is -0.390. The highest BCUT2D eigenvalue weighted by Gasteiger charge is 2.08. The average Bonchev–Trinajstić information content (AvgIpc) is 2.55. The molecule has 1 aromatic heterocycles. The first kappa shape index (κ1) is 14.9. The van der Waals surface area contributed by atoms with E-state index in [1.165, 1.54) is 6.07 Å². The maximum Gasteiger partial charge on any atom is 0.336 e. The van der Waals surface area contributed by atoms with E-state index < -0.39 is 0 Å². The van der Waals surface area contributed by atoms with Gasteiger partial charge in [-0.15, -0.1) is 0 Å². The Morgan fingerprint density at radius 1 is 1.09 bits per heavy atom. The molecule has 4 nitrogen and oxygen atoms in total. The van der Waals surface area contributed by atoms with Crippen molar-refractivity contribution in [1.82, 2.24) is 0 Å². The van der Waals surface area contributed by atoms with Crippen LogP contribution in [0.2, 0.25) is 0 Å². The van der Waals surface area contributed by atoms with E-state index in [1.54, 1.807) is 24.3 Å². The Labute approximate surface area is 133 Å². The van der Waals surface area contributed by atoms with Gasteiger partial charge in [-0.25, -0.2) is 4.79 Å². The van der Waals surface area contributed by atoms with Crippen LogP contribution in [0.4, 0.5) is 0 Å². The molecule has 0 amide bonds. The van der Waals surface area contributed by atoms with Crippen molar-refractivity contribution in [2.75, 3.05) is 0 Å². The zero-order chi connectivity index (χ0) is 16.4. The summed E-state index contributed by atoms with van der Waals surface area (Å²) in [6, 6.07) is 14.3. The normalized spacial score (nSPS) is 10.5. The van der Waals surface area contributed by atoms with E-state index in [9.17, 15) is 4.79 Å². The molecule has 0 N–H and O–H groups in total. The summed E-state index contributed by atoms with van der Waals surface area (Å²) in [4.78, 5) is 11.7. The van der Waals surface area contributed by atoms with Crippen LogP contribution in [-0.4, -0.2) is 0 Å². The summed E-state index contributed by atoms with van der Waals surface area (Å²) in [5.74, 6) is 0.647. The molecule has 0 unspecified atom stereocenters. The summed E-state index contributed by atoms with van der Waals surface area (Å²) in [7, 11) is 0. The van der Waals surface area contributed by atoms with Crippen LogP contribution in [0.5, 0.6) is 5.75 Å². The number of nitrogens with zero attached hydrogens (tertiary/aromatic N) is 1. The molecule has 3 rings (SSSR count). The Kier molecular flexibility index (Phi) is 3.86. The van der Waals surface area contributed by atoms with Crippen LogP contribution in [-0.2, 0) is 6.61 Å². The summed E-state index contributed by atoms with van der Waals surface area (Å²) in [5.41, 5.74) is 3.74. The highest BCUT2D eigenvalue weighted by atomic mass is 16.5. The van der Waals surface area contributed by atoms with Gasteiger partial charge in [0.1, 0.15) is 17.9 Å². The molecule has 3 aromatic rings. The fourth-order valence-corrected chi connectivity index (χ4v) is 2.39. The molecule has 0 aliphatic carbocycles. The second-order valence-corrected chi connectivity index (χ2v) is 5.45. The topological polar surface area (TPSA) is 63.2 Å². The average molecular weight is 305 g/mol. The van der Waals surface area contributed by atoms with Crippen molar-refractivity contribution in [1.29, 1.82) is 5.26 Å². The molecular formula is C19H15NO3. The van der Waals surface area contributed by atoms with Gasteiger partial charge in [-0.05, 0) is 61.4 Å². The molecule has 0 fully saturated rings. The lowest BCUT2D eigenvalue weighted by Gasteiger charge is -2.10. The maximum atomic E-state index is 11.7. The summed E-state index contributed by atoms with van der Waals surface area (Å²) in [5, 5.41) is 9.67. The Bertz CT molecular complexity index is 963. The van der Waals surface area contributed by atoms with Gasteiger partial charge in [0.15, 0.2) is 0 Å². The van der Waals surface area contributed by atoms with Crippen molar-refractivity contribution in [3.05, 3.63) is 75.1 Å². The molecule has 0 radical (unpaired) electrons. The molecule has 1 heterocycles. The molecule has 0 saturated carbocycles. The van der Waals surface area contributed by atoms with Crippen molar-refractivity contribution in [3.8, 4) is 11.8 Å². The minimum Gasteiger partial charge on any atom is -0.489 e. The molecule has 2 aromatic carbocycles. The molecule has 0 spiro atoms. The number of hydrogen-bond donors (Lipinski definition) is 0. The van der Waals surface area contributed by atoms with Crippen LogP contribution in [0.3, 0.4) is 0 Å². The number of nitriles is 1. The van der Waals surface area contributed by atoms with Crippen LogP contribution < -0.4 is 10.4 Å². The largest absolute Gasteiger partial charge is 0.489 e. The van der Waals surface area contributed by atoms with Crippen molar-refractivity contribution in [2.24, 2.45) is 0 Å². The highest BCUT2D eigenvalue weighted by molar-refractivity contribution is 5.81. The number of rotatable bonds is 3. The van der Waals surface area contributed by atoms with Crippen molar-refractivity contribution in [3.63, 3.8) is 0 Å². The Morgan fingerprint density at radius 2 is 1.78 bits per heavy atom. The van der Waals surface area contributed by atoms with Crippen LogP contribution >= 0.6 is 0 Å². The van der Waals surface area contributed by atoms with Gasteiger partial charge in [0, 0.05) is 17.0 Å². The van der Waals surface area contributed by atoms with Crippen LogP contribution in [0.25, 0.3) is 11.0 Å². The van der Waals surface area contributed by atoms with Gasteiger partial charge in [0.05, 0.1) is 11.6 Å². The zero-order valence-corrected chi connectivity index (χ0v) is 12.9. The lowest BCUT2D eigenvalue weighted by molar-refractivity contribution is 0.306. The van der Waals surface area contributed by atoms with E-state index in [-0.39, 0.29) is 12.2 Å². The highest BCUT2D eigenvalue weighted by Crippen LogP contribution is 2.23. The zero-order valence-electron chi connectivity index (χ0n) is 12.9. The van der Waals surface area contributed by atoms with E-state index in [0.717, 1.165) is 22.1 Å². The summed E-state index contributed by atoms with van der Waals surface area (Å²) >= 11 is 0. The molecule has 4 heteroatoms. The van der Waals surface area contributed by atoms with Gasteiger partial charge < -0.3 is 9.15 Å². The van der Waals surface area contributed by atoms with Crippen molar-refractivity contribution < 1.29 is 9.15 Å². The predicted octanol–water partition coefficient (Wildman–Crippen LogP) is 3.86. The van der Waals surface area contributed by atoms with E-state index >= 15 is 0 Å². The van der Waals surface area contributed by atoms with Gasteiger partial charge in [-0.3, -0.25) is 0 Å². The van der Waals surface area contributed by atoms with E-state index in [0.29, 0.717) is 16.9 Å². The quantitative estimate of drug-likeness (QED) is 0.689. The second kappa shape index (κ2) is 5.98. The number of aryl methyl sites for hydroxylation is 2. The van der Waals surface area contributed by atoms with Gasteiger partial charge in [0.2, 0.25) is 0 Å². The Balaban J connectivity index is 1.94. The maximum absolute atomic E-state index is 11.7. The number of ether oxygens (including phenoxy) is 1. The predicted molar refractivity (Wildman–Crippen MR) is 87.4 cm³/mol. The number of fused-ring (bicyclic) bond motifs is 1. The summed E-state index contributed by atoms with van der Waals surface area (Å²) < 4.78 is 11.0. The van der Waals surface area contributed by atoms with E-state index in [1.807, 2.05) is 26.0 Å². The first-order chi connectivity index (χ1) is 11.1. The molecule has 0 aliphatic rings. The van der Waals surface area contributed by atoms with Crippen molar-refractivity contribution >= 4 is 11.0 Å². The summed E-state index contributed by atoms with van der Waals surface area (Å²) in [6.07, 6.45) is 0. The molecular weight excluding hydrogens is 290 g/mol. The Morgan fingerprint density at radius 3 is 2.48 bits per heavy atom. The third-order valence-corrected chi connectivity index (χ3v) is 3.82. The van der Waals surface area contributed by atoms with Crippen molar-refractivity contribution in [2.45, 2.75) is 20.5 Å². The molecule has 0 atom stereocenters. The first-order valence-electron chi connectivity index (χ1n) is 7.24. The second-order valence-electron chi connectivity index (χ2n) is 5.45.